The Morgan fingerprint density at radius 3 is 2.70 bits per heavy atom. The van der Waals surface area contributed by atoms with Gasteiger partial charge < -0.3 is 15.8 Å². The number of benzene rings is 1. The Morgan fingerprint density at radius 1 is 1.27 bits per heavy atom. The van der Waals surface area contributed by atoms with Gasteiger partial charge in [0, 0.05) is 34.7 Å². The third-order valence-corrected chi connectivity index (χ3v) is 9.58. The largest absolute Gasteiger partial charge is 0.486 e. The molecule has 0 saturated heterocycles. The highest BCUT2D eigenvalue weighted by atomic mass is 79.9. The zero-order chi connectivity index (χ0) is 21.6. The minimum atomic E-state index is -0.551. The summed E-state index contributed by atoms with van der Waals surface area (Å²) in [5, 5.41) is 2.88. The number of nitrogens with one attached hydrogen (secondary N) is 1. The molecule has 5 nitrogen and oxygen atoms in total. The second-order valence-corrected chi connectivity index (χ2v) is 12.2. The van der Waals surface area contributed by atoms with Crippen LogP contribution in [0.3, 0.4) is 0 Å². The van der Waals surface area contributed by atoms with Crippen LogP contribution in [0.1, 0.15) is 85.2 Å². The summed E-state index contributed by atoms with van der Waals surface area (Å²) in [5.74, 6) is 0.991. The maximum Gasteiger partial charge on any atom is 0.252 e. The molecule has 2 saturated carbocycles. The molecule has 0 bridgehead atoms. The van der Waals surface area contributed by atoms with Crippen molar-refractivity contribution in [2.75, 3.05) is 0 Å². The Bertz CT molecular complexity index is 974. The van der Waals surface area contributed by atoms with Crippen LogP contribution in [0.5, 0.6) is 5.75 Å². The van der Waals surface area contributed by atoms with Gasteiger partial charge in [0.1, 0.15) is 11.4 Å². The third kappa shape index (κ3) is 2.46. The van der Waals surface area contributed by atoms with E-state index in [4.69, 9.17) is 10.5 Å². The smallest absolute Gasteiger partial charge is 0.252 e. The van der Waals surface area contributed by atoms with Crippen LogP contribution in [-0.4, -0.2) is 22.2 Å². The molecule has 1 unspecified atom stereocenters. The molecule has 4 aliphatic rings. The average molecular weight is 475 g/mol. The Labute approximate surface area is 186 Å². The van der Waals surface area contributed by atoms with Crippen molar-refractivity contribution in [2.24, 2.45) is 28.4 Å². The van der Waals surface area contributed by atoms with Gasteiger partial charge in [-0.25, -0.2) is 0 Å². The number of amides is 2. The topological polar surface area (TPSA) is 81.4 Å². The highest BCUT2D eigenvalue weighted by molar-refractivity contribution is 9.09. The van der Waals surface area contributed by atoms with Gasteiger partial charge in [-0.15, -0.1) is 0 Å². The average Bonchev–Trinajstić information content (AvgIpc) is 3.01. The Kier molecular flexibility index (Phi) is 4.23. The predicted molar refractivity (Wildman–Crippen MR) is 119 cm³/mol. The molecule has 2 heterocycles. The Morgan fingerprint density at radius 2 is 2.00 bits per heavy atom. The summed E-state index contributed by atoms with van der Waals surface area (Å²) in [4.78, 5) is 25.1. The van der Waals surface area contributed by atoms with Crippen LogP contribution in [0.2, 0.25) is 0 Å². The van der Waals surface area contributed by atoms with Crippen molar-refractivity contribution in [3.63, 3.8) is 0 Å². The second-order valence-electron chi connectivity index (χ2n) is 10.9. The zero-order valence-electron chi connectivity index (χ0n) is 18.2. The first-order chi connectivity index (χ1) is 14.0. The van der Waals surface area contributed by atoms with Crippen molar-refractivity contribution >= 4 is 27.7 Å². The summed E-state index contributed by atoms with van der Waals surface area (Å²) in [6.45, 7) is 9.90. The number of fused-ring (bicyclic) bond motifs is 3. The van der Waals surface area contributed by atoms with E-state index in [-0.39, 0.29) is 22.3 Å². The van der Waals surface area contributed by atoms with Crippen molar-refractivity contribution in [3.05, 3.63) is 28.3 Å². The number of carbonyl (C=O) groups is 2. The lowest BCUT2D eigenvalue weighted by Crippen LogP contribution is -2.69. The summed E-state index contributed by atoms with van der Waals surface area (Å²) in [6.07, 6.45) is 5.30. The molecule has 2 amide bonds. The van der Waals surface area contributed by atoms with E-state index in [1.165, 1.54) is 6.42 Å². The molecule has 1 spiro atoms. The molecule has 0 aromatic heterocycles. The van der Waals surface area contributed by atoms with Crippen LogP contribution in [0.4, 0.5) is 0 Å². The van der Waals surface area contributed by atoms with E-state index in [1.54, 1.807) is 0 Å². The number of halogens is 1. The molecular formula is C24H31BrN2O3. The third-order valence-electron chi connectivity index (χ3n) is 8.94. The van der Waals surface area contributed by atoms with E-state index in [0.717, 1.165) is 42.6 Å². The van der Waals surface area contributed by atoms with Crippen LogP contribution in [-0.2, 0) is 13.0 Å². The number of ether oxygens (including phenoxy) is 1. The predicted octanol–water partition coefficient (Wildman–Crippen LogP) is 4.34. The van der Waals surface area contributed by atoms with E-state index < -0.39 is 5.91 Å². The van der Waals surface area contributed by atoms with E-state index in [2.05, 4.69) is 48.9 Å². The van der Waals surface area contributed by atoms with Gasteiger partial charge in [0.15, 0.2) is 0 Å². The molecule has 6 heteroatoms. The van der Waals surface area contributed by atoms with E-state index in [1.807, 2.05) is 6.07 Å². The van der Waals surface area contributed by atoms with Gasteiger partial charge in [0.05, 0.1) is 11.1 Å². The fourth-order valence-corrected chi connectivity index (χ4v) is 8.66. The minimum absolute atomic E-state index is 0.0498. The fraction of sp³-hybridized carbons (Fsp3) is 0.667. The van der Waals surface area contributed by atoms with Gasteiger partial charge in [-0.1, -0.05) is 43.6 Å². The Hall–Kier alpha value is -1.56. The van der Waals surface area contributed by atoms with Crippen LogP contribution in [0.25, 0.3) is 0 Å². The lowest BCUT2D eigenvalue weighted by Gasteiger charge is -2.67. The number of carbonyl (C=O) groups excluding carboxylic acids is 2. The van der Waals surface area contributed by atoms with Crippen molar-refractivity contribution in [1.82, 2.24) is 5.32 Å². The molecule has 0 radical (unpaired) electrons. The number of hydrogen-bond donors (Lipinski definition) is 2. The molecule has 5 rings (SSSR count). The molecule has 30 heavy (non-hydrogen) atoms. The Balaban J connectivity index is 1.75. The lowest BCUT2D eigenvalue weighted by atomic mass is 9.44. The quantitative estimate of drug-likeness (QED) is 0.593. The van der Waals surface area contributed by atoms with E-state index >= 15 is 0 Å². The number of rotatable bonds is 1. The van der Waals surface area contributed by atoms with Crippen LogP contribution >= 0.6 is 15.9 Å². The first-order valence-corrected chi connectivity index (χ1v) is 12.0. The normalized spacial score (nSPS) is 38.4. The van der Waals surface area contributed by atoms with Crippen molar-refractivity contribution < 1.29 is 14.3 Å². The minimum Gasteiger partial charge on any atom is -0.486 e. The van der Waals surface area contributed by atoms with Gasteiger partial charge in [-0.3, -0.25) is 9.59 Å². The van der Waals surface area contributed by atoms with Crippen molar-refractivity contribution in [3.8, 4) is 5.75 Å². The first kappa shape index (κ1) is 20.3. The van der Waals surface area contributed by atoms with Crippen LogP contribution in [0, 0.1) is 22.7 Å². The van der Waals surface area contributed by atoms with Crippen molar-refractivity contribution in [1.29, 1.82) is 0 Å². The molecule has 162 valence electrons. The van der Waals surface area contributed by atoms with Gasteiger partial charge in [-0.2, -0.15) is 0 Å². The monoisotopic (exact) mass is 474 g/mol. The summed E-state index contributed by atoms with van der Waals surface area (Å²) >= 11 is 3.96. The first-order valence-electron chi connectivity index (χ1n) is 11.1. The summed E-state index contributed by atoms with van der Waals surface area (Å²) < 4.78 is 7.16. The van der Waals surface area contributed by atoms with Gasteiger partial charge in [0.2, 0.25) is 5.91 Å². The molecule has 1 aromatic rings. The maximum atomic E-state index is 12.5. The molecule has 1 aromatic carbocycles. The van der Waals surface area contributed by atoms with Gasteiger partial charge in [-0.05, 0) is 48.6 Å². The SMILES string of the molecule is C[C@H]1CC[C@H]2C(C)(C)CC(Br)C[C@]23Oc2c(cc(C(N)=O)c4c2CNC4=O)C[C@]13C. The van der Waals surface area contributed by atoms with Crippen LogP contribution < -0.4 is 15.8 Å². The van der Waals surface area contributed by atoms with Crippen LogP contribution in [0.15, 0.2) is 6.07 Å². The number of nitrogens with two attached hydrogens (primary N) is 1. The van der Waals surface area contributed by atoms with Gasteiger partial charge in [0.25, 0.3) is 5.91 Å². The molecule has 3 N–H and O–H groups in total. The molecule has 2 aliphatic heterocycles. The standard InChI is InChI=1S/C24H31BrN2O3/c1-12-5-6-17-22(2,3)9-14(25)10-24(17)23(12,4)8-13-7-15(20(26)28)18-16(19(13)30-24)11-27-21(18)29/h7,12,14,17H,5-6,8-11H2,1-4H3,(H2,26,28)(H,27,29)/t12-,14?,17-,23+,24-/m0/s1. The van der Waals surface area contributed by atoms with Gasteiger partial charge >= 0.3 is 0 Å². The van der Waals surface area contributed by atoms with E-state index in [0.29, 0.717) is 34.3 Å². The highest BCUT2D eigenvalue weighted by Gasteiger charge is 2.67. The fourth-order valence-electron chi connectivity index (χ4n) is 7.35. The number of alkyl halides is 1. The summed E-state index contributed by atoms with van der Waals surface area (Å²) in [6, 6.07) is 1.83. The molecule has 2 aliphatic carbocycles. The highest BCUT2D eigenvalue weighted by Crippen LogP contribution is 2.66. The molecule has 2 fully saturated rings. The lowest BCUT2D eigenvalue weighted by molar-refractivity contribution is -0.208. The number of hydrogen-bond acceptors (Lipinski definition) is 3. The second kappa shape index (κ2) is 6.24. The summed E-state index contributed by atoms with van der Waals surface area (Å²) in [7, 11) is 0. The zero-order valence-corrected chi connectivity index (χ0v) is 19.8. The van der Waals surface area contributed by atoms with E-state index in [9.17, 15) is 9.59 Å². The molecule has 5 atom stereocenters. The molecular weight excluding hydrogens is 444 g/mol. The maximum absolute atomic E-state index is 12.5. The number of primary amides is 1. The summed E-state index contributed by atoms with van der Waals surface area (Å²) in [5.41, 5.74) is 8.06. The van der Waals surface area contributed by atoms with Crippen molar-refractivity contribution in [2.45, 2.75) is 76.8 Å².